The Morgan fingerprint density at radius 3 is 2.68 bits per heavy atom. The van der Waals surface area contributed by atoms with Crippen LogP contribution in [0, 0.1) is 11.6 Å². The molecule has 0 N–H and O–H groups in total. The van der Waals surface area contributed by atoms with E-state index in [1.165, 1.54) is 22.7 Å². The molecule has 1 aromatic rings. The van der Waals surface area contributed by atoms with Crippen LogP contribution in [0.4, 0.5) is 8.78 Å². The van der Waals surface area contributed by atoms with Gasteiger partial charge in [0.15, 0.2) is 5.17 Å². The van der Waals surface area contributed by atoms with Crippen molar-refractivity contribution < 1.29 is 18.3 Å². The molecule has 0 aliphatic heterocycles. The van der Waals surface area contributed by atoms with E-state index < -0.39 is 11.6 Å². The first-order valence-corrected chi connectivity index (χ1v) is 8.14. The molecule has 0 atom stereocenters. The third-order valence-corrected chi connectivity index (χ3v) is 3.60. The topological polar surface area (TPSA) is 41.9 Å². The zero-order valence-corrected chi connectivity index (χ0v) is 14.7. The minimum atomic E-state index is -0.689. The van der Waals surface area contributed by atoms with Crippen LogP contribution in [0.25, 0.3) is 0 Å². The molecule has 120 valence electrons. The molecule has 1 aromatic carbocycles. The fourth-order valence-electron chi connectivity index (χ4n) is 1.39. The average molecular weight is 393 g/mol. The monoisotopic (exact) mass is 392 g/mol. The Hall–Kier alpha value is -1.41. The summed E-state index contributed by atoms with van der Waals surface area (Å²) in [6.07, 6.45) is 2.38. The smallest absolute Gasteiger partial charge is 0.226 e. The second-order valence-electron chi connectivity index (χ2n) is 4.18. The van der Waals surface area contributed by atoms with Crippen molar-refractivity contribution >= 4 is 39.3 Å². The molecule has 22 heavy (non-hydrogen) atoms. The number of allylic oxidation sites excluding steroid dienone is 1. The van der Waals surface area contributed by atoms with Gasteiger partial charge in [0.2, 0.25) is 12.3 Å². The Kier molecular flexibility index (Phi) is 7.53. The maximum Gasteiger partial charge on any atom is 0.226 e. The fraction of sp³-hybridized carbons (Fsp3) is 0.286. The number of carbonyl (C=O) groups excluding carboxylic acids is 1. The zero-order chi connectivity index (χ0) is 16.7. The lowest BCUT2D eigenvalue weighted by molar-refractivity contribution is -0.113. The van der Waals surface area contributed by atoms with Gasteiger partial charge in [0.1, 0.15) is 18.2 Å². The molecule has 8 heteroatoms. The highest BCUT2D eigenvalue weighted by Gasteiger charge is 2.10. The standard InChI is InChI=1S/C14H15BrF2N2O2S/c1-9(15)13(18-14(22-3)19(2)8-20)21-7-10-4-5-11(16)6-12(10)17/h4-6,8H,7H2,1-3H3/b13-9-,18-14+. The molecule has 0 aromatic heterocycles. The second-order valence-corrected chi connectivity index (χ2v) is 6.14. The normalized spacial score (nSPS) is 12.7. The van der Waals surface area contributed by atoms with Crippen LogP contribution in [-0.2, 0) is 16.1 Å². The highest BCUT2D eigenvalue weighted by Crippen LogP contribution is 2.19. The van der Waals surface area contributed by atoms with Gasteiger partial charge in [-0.3, -0.25) is 9.69 Å². The van der Waals surface area contributed by atoms with Gasteiger partial charge in [0.05, 0.1) is 4.48 Å². The largest absolute Gasteiger partial charge is 0.472 e. The molecule has 0 saturated carbocycles. The molecule has 0 radical (unpaired) electrons. The summed E-state index contributed by atoms with van der Waals surface area (Å²) < 4.78 is 32.5. The van der Waals surface area contributed by atoms with Gasteiger partial charge in [-0.1, -0.05) is 27.7 Å². The number of benzene rings is 1. The van der Waals surface area contributed by atoms with Crippen LogP contribution in [0.5, 0.6) is 0 Å². The molecule has 0 heterocycles. The number of carbonyl (C=O) groups is 1. The van der Waals surface area contributed by atoms with Crippen LogP contribution in [0.2, 0.25) is 0 Å². The van der Waals surface area contributed by atoms with Crippen LogP contribution in [0.3, 0.4) is 0 Å². The first kappa shape index (κ1) is 18.6. The molecule has 0 unspecified atom stereocenters. The summed E-state index contributed by atoms with van der Waals surface area (Å²) in [7, 11) is 1.56. The van der Waals surface area contributed by atoms with Gasteiger partial charge in [-0.2, -0.15) is 4.99 Å². The van der Waals surface area contributed by atoms with E-state index in [1.54, 1.807) is 20.2 Å². The van der Waals surface area contributed by atoms with E-state index >= 15 is 0 Å². The molecular formula is C14H15BrF2N2O2S. The highest BCUT2D eigenvalue weighted by molar-refractivity contribution is 9.11. The number of rotatable bonds is 5. The van der Waals surface area contributed by atoms with Gasteiger partial charge < -0.3 is 4.74 Å². The third kappa shape index (κ3) is 5.42. The van der Waals surface area contributed by atoms with Crippen molar-refractivity contribution in [1.29, 1.82) is 0 Å². The lowest BCUT2D eigenvalue weighted by atomic mass is 10.2. The summed E-state index contributed by atoms with van der Waals surface area (Å²) in [4.78, 5) is 16.3. The number of amidine groups is 1. The van der Waals surface area contributed by atoms with E-state index in [2.05, 4.69) is 20.9 Å². The van der Waals surface area contributed by atoms with E-state index in [9.17, 15) is 13.6 Å². The van der Waals surface area contributed by atoms with Crippen LogP contribution in [0.1, 0.15) is 12.5 Å². The molecule has 0 fully saturated rings. The Labute approximate surface area is 140 Å². The van der Waals surface area contributed by atoms with Gasteiger partial charge in [-0.15, -0.1) is 0 Å². The third-order valence-electron chi connectivity index (χ3n) is 2.51. The van der Waals surface area contributed by atoms with Gasteiger partial charge in [-0.05, 0) is 25.3 Å². The van der Waals surface area contributed by atoms with Crippen LogP contribution in [0.15, 0.2) is 33.6 Å². The molecule has 0 aliphatic carbocycles. The summed E-state index contributed by atoms with van der Waals surface area (Å²) in [5.41, 5.74) is 0.206. The van der Waals surface area contributed by atoms with Crippen molar-refractivity contribution in [3.05, 3.63) is 45.8 Å². The molecule has 0 bridgehead atoms. The number of aliphatic imine (C=N–C) groups is 1. The first-order valence-electron chi connectivity index (χ1n) is 6.13. The van der Waals surface area contributed by atoms with Crippen LogP contribution >= 0.6 is 27.7 Å². The van der Waals surface area contributed by atoms with E-state index in [0.717, 1.165) is 12.1 Å². The average Bonchev–Trinajstić information content (AvgIpc) is 2.48. The number of amides is 1. The molecule has 1 amide bonds. The molecule has 4 nitrogen and oxygen atoms in total. The molecule has 0 spiro atoms. The van der Waals surface area contributed by atoms with Crippen LogP contribution in [-0.4, -0.2) is 29.8 Å². The minimum absolute atomic E-state index is 0.111. The SMILES string of the molecule is CS/C(=N/C(OCc1ccc(F)cc1F)=C(\C)Br)N(C)C=O. The number of ether oxygens (including phenoxy) is 1. The summed E-state index contributed by atoms with van der Waals surface area (Å²) in [6, 6.07) is 3.26. The Morgan fingerprint density at radius 2 is 2.18 bits per heavy atom. The second kappa shape index (κ2) is 8.89. The maximum atomic E-state index is 13.6. The predicted molar refractivity (Wildman–Crippen MR) is 87.6 cm³/mol. The summed E-state index contributed by atoms with van der Waals surface area (Å²) in [5, 5.41) is 0.420. The van der Waals surface area contributed by atoms with Crippen molar-refractivity contribution in [2.24, 2.45) is 4.99 Å². The van der Waals surface area contributed by atoms with Gasteiger partial charge in [0, 0.05) is 18.7 Å². The molecular weight excluding hydrogens is 378 g/mol. The number of hydrogen-bond acceptors (Lipinski definition) is 4. The van der Waals surface area contributed by atoms with Gasteiger partial charge in [-0.25, -0.2) is 8.78 Å². The van der Waals surface area contributed by atoms with E-state index in [1.807, 2.05) is 0 Å². The van der Waals surface area contributed by atoms with E-state index in [0.29, 0.717) is 16.1 Å². The number of halogens is 3. The predicted octanol–water partition coefficient (Wildman–Crippen LogP) is 3.87. The summed E-state index contributed by atoms with van der Waals surface area (Å²) >= 11 is 4.51. The Morgan fingerprint density at radius 1 is 1.50 bits per heavy atom. The summed E-state index contributed by atoms with van der Waals surface area (Å²) in [5.74, 6) is -1.13. The lowest BCUT2D eigenvalue weighted by Crippen LogP contribution is -2.22. The first-order chi connectivity index (χ1) is 10.4. The zero-order valence-electron chi connectivity index (χ0n) is 12.3. The van der Waals surface area contributed by atoms with E-state index in [-0.39, 0.29) is 18.1 Å². The minimum Gasteiger partial charge on any atom is -0.472 e. The maximum absolute atomic E-state index is 13.6. The molecule has 1 rings (SSSR count). The molecule has 0 aliphatic rings. The van der Waals surface area contributed by atoms with Crippen molar-refractivity contribution in [2.45, 2.75) is 13.5 Å². The van der Waals surface area contributed by atoms with E-state index in [4.69, 9.17) is 4.74 Å². The van der Waals surface area contributed by atoms with Crippen molar-refractivity contribution in [2.75, 3.05) is 13.3 Å². The quantitative estimate of drug-likeness (QED) is 0.330. The lowest BCUT2D eigenvalue weighted by Gasteiger charge is -2.14. The highest BCUT2D eigenvalue weighted by atomic mass is 79.9. The number of hydrogen-bond donors (Lipinski definition) is 0. The van der Waals surface area contributed by atoms with Gasteiger partial charge >= 0.3 is 0 Å². The Bertz CT molecular complexity index is 605. The van der Waals surface area contributed by atoms with Crippen molar-refractivity contribution in [3.8, 4) is 0 Å². The van der Waals surface area contributed by atoms with Crippen molar-refractivity contribution in [3.63, 3.8) is 0 Å². The Balaban J connectivity index is 2.93. The number of nitrogens with zero attached hydrogens (tertiary/aromatic N) is 2. The van der Waals surface area contributed by atoms with Gasteiger partial charge in [0.25, 0.3) is 0 Å². The fourth-order valence-corrected chi connectivity index (χ4v) is 2.10. The summed E-state index contributed by atoms with van der Waals surface area (Å²) in [6.45, 7) is 1.60. The molecule has 0 saturated heterocycles. The number of thioether (sulfide) groups is 1. The van der Waals surface area contributed by atoms with Crippen LogP contribution < -0.4 is 0 Å². The van der Waals surface area contributed by atoms with Crippen molar-refractivity contribution in [1.82, 2.24) is 4.90 Å².